The summed E-state index contributed by atoms with van der Waals surface area (Å²) in [7, 11) is 1.57. The Morgan fingerprint density at radius 2 is 2.38 bits per heavy atom. The summed E-state index contributed by atoms with van der Waals surface area (Å²) in [6.07, 6.45) is 1.08. The zero-order valence-electron chi connectivity index (χ0n) is 7.49. The summed E-state index contributed by atoms with van der Waals surface area (Å²) in [5.74, 6) is 2.06. The fourth-order valence-corrected chi connectivity index (χ4v) is 1.86. The van der Waals surface area contributed by atoms with Gasteiger partial charge in [-0.25, -0.2) is 0 Å². The first-order valence-corrected chi connectivity index (χ1v) is 5.32. The summed E-state index contributed by atoms with van der Waals surface area (Å²) in [6.45, 7) is 0. The van der Waals surface area contributed by atoms with E-state index >= 15 is 0 Å². The number of aromatic hydroxyl groups is 1. The Labute approximate surface area is 81.9 Å². The fourth-order valence-electron chi connectivity index (χ4n) is 1.30. The first kappa shape index (κ1) is 8.75. The van der Waals surface area contributed by atoms with Crippen molar-refractivity contribution in [1.82, 2.24) is 0 Å². The van der Waals surface area contributed by atoms with E-state index in [4.69, 9.17) is 4.74 Å². The van der Waals surface area contributed by atoms with Crippen molar-refractivity contribution in [2.75, 3.05) is 12.9 Å². The average molecular weight is 196 g/mol. The van der Waals surface area contributed by atoms with Gasteiger partial charge in [-0.15, -0.1) is 0 Å². The fraction of sp³-hybridized carbons (Fsp3) is 0.400. The molecule has 1 aliphatic rings. The van der Waals surface area contributed by atoms with Crippen molar-refractivity contribution in [3.63, 3.8) is 0 Å². The molecule has 0 spiro atoms. The van der Waals surface area contributed by atoms with Gasteiger partial charge in [-0.1, -0.05) is 6.07 Å². The number of hydrogen-bond acceptors (Lipinski definition) is 3. The summed E-state index contributed by atoms with van der Waals surface area (Å²) in [5, 5.41) is 10.1. The summed E-state index contributed by atoms with van der Waals surface area (Å²) >= 11 is 1.98. The number of benzene rings is 1. The minimum absolute atomic E-state index is 0.217. The van der Waals surface area contributed by atoms with Gasteiger partial charge < -0.3 is 9.84 Å². The number of hydrogen-bond donors (Lipinski definition) is 1. The Hall–Kier alpha value is -0.830. The molecule has 70 valence electrons. The molecule has 0 aliphatic carbocycles. The van der Waals surface area contributed by atoms with Crippen molar-refractivity contribution >= 4 is 11.8 Å². The van der Waals surface area contributed by atoms with Crippen LogP contribution < -0.4 is 4.74 Å². The second-order valence-electron chi connectivity index (χ2n) is 3.17. The molecule has 1 atom stereocenters. The van der Waals surface area contributed by atoms with Gasteiger partial charge in [0, 0.05) is 11.0 Å². The lowest BCUT2D eigenvalue weighted by Crippen LogP contribution is -1.92. The van der Waals surface area contributed by atoms with Crippen molar-refractivity contribution in [2.45, 2.75) is 11.7 Å². The van der Waals surface area contributed by atoms with Gasteiger partial charge in [0.2, 0.25) is 0 Å². The average Bonchev–Trinajstić information content (AvgIpc) is 2.92. The van der Waals surface area contributed by atoms with Gasteiger partial charge in [0.05, 0.1) is 7.11 Å². The monoisotopic (exact) mass is 196 g/mol. The van der Waals surface area contributed by atoms with Crippen LogP contribution in [0.25, 0.3) is 0 Å². The van der Waals surface area contributed by atoms with E-state index in [2.05, 4.69) is 0 Å². The molecule has 2 nitrogen and oxygen atoms in total. The third kappa shape index (κ3) is 2.10. The quantitative estimate of drug-likeness (QED) is 0.750. The van der Waals surface area contributed by atoms with Crippen LogP contribution in [0.5, 0.6) is 11.5 Å². The number of thioether (sulfide) groups is 1. The van der Waals surface area contributed by atoms with Crippen molar-refractivity contribution in [1.29, 1.82) is 0 Å². The van der Waals surface area contributed by atoms with Crippen LogP contribution in [0, 0.1) is 0 Å². The molecule has 3 heteroatoms. The maximum Gasteiger partial charge on any atom is 0.160 e. The van der Waals surface area contributed by atoms with E-state index < -0.39 is 0 Å². The predicted molar refractivity (Wildman–Crippen MR) is 54.6 cm³/mol. The molecule has 0 saturated carbocycles. The van der Waals surface area contributed by atoms with Crippen LogP contribution in [0.1, 0.15) is 5.56 Å². The first-order valence-electron chi connectivity index (χ1n) is 4.27. The van der Waals surface area contributed by atoms with Gasteiger partial charge in [0.1, 0.15) is 0 Å². The van der Waals surface area contributed by atoms with Crippen molar-refractivity contribution < 1.29 is 9.84 Å². The van der Waals surface area contributed by atoms with Crippen molar-refractivity contribution in [3.8, 4) is 11.5 Å². The van der Waals surface area contributed by atoms with Gasteiger partial charge in [-0.05, 0) is 24.1 Å². The second-order valence-corrected chi connectivity index (χ2v) is 4.50. The first-order chi connectivity index (χ1) is 6.29. The topological polar surface area (TPSA) is 29.5 Å². The Morgan fingerprint density at radius 1 is 1.62 bits per heavy atom. The summed E-state index contributed by atoms with van der Waals surface area (Å²) in [5.41, 5.74) is 1.24. The standard InChI is InChI=1S/C10H12O2S/c1-12-10-5-7(2-3-9(10)11)4-8-6-13-8/h2-3,5,8,11H,4,6H2,1H3. The summed E-state index contributed by atoms with van der Waals surface area (Å²) in [6, 6.07) is 5.56. The van der Waals surface area contributed by atoms with E-state index in [1.165, 1.54) is 11.3 Å². The Morgan fingerprint density at radius 3 is 3.00 bits per heavy atom. The lowest BCUT2D eigenvalue weighted by molar-refractivity contribution is 0.373. The van der Waals surface area contributed by atoms with Crippen molar-refractivity contribution in [3.05, 3.63) is 23.8 Å². The van der Waals surface area contributed by atoms with Crippen LogP contribution in [0.2, 0.25) is 0 Å². The normalized spacial score (nSPS) is 19.9. The maximum atomic E-state index is 9.35. The second kappa shape index (κ2) is 3.50. The molecule has 1 fully saturated rings. The van der Waals surface area contributed by atoms with Crippen LogP contribution in [0.15, 0.2) is 18.2 Å². The number of methoxy groups -OCH3 is 1. The van der Waals surface area contributed by atoms with Gasteiger partial charge in [0.25, 0.3) is 0 Å². The number of ether oxygens (including phenoxy) is 1. The minimum Gasteiger partial charge on any atom is -0.504 e. The molecule has 0 amide bonds. The Balaban J connectivity index is 2.16. The molecule has 1 aliphatic heterocycles. The summed E-state index contributed by atoms with van der Waals surface area (Å²) < 4.78 is 5.03. The van der Waals surface area contributed by atoms with Gasteiger partial charge >= 0.3 is 0 Å². The van der Waals surface area contributed by atoms with E-state index in [0.717, 1.165) is 11.7 Å². The third-order valence-electron chi connectivity index (χ3n) is 2.11. The molecule has 0 radical (unpaired) electrons. The van der Waals surface area contributed by atoms with Crippen molar-refractivity contribution in [2.24, 2.45) is 0 Å². The highest BCUT2D eigenvalue weighted by Gasteiger charge is 2.22. The SMILES string of the molecule is COc1cc(CC2CS2)ccc1O. The van der Waals surface area contributed by atoms with Gasteiger partial charge in [-0.2, -0.15) is 11.8 Å². The van der Waals surface area contributed by atoms with Crippen LogP contribution >= 0.6 is 11.8 Å². The molecule has 1 aromatic rings. The van der Waals surface area contributed by atoms with Gasteiger partial charge in [-0.3, -0.25) is 0 Å². The number of rotatable bonds is 3. The largest absolute Gasteiger partial charge is 0.504 e. The van der Waals surface area contributed by atoms with E-state index in [-0.39, 0.29) is 5.75 Å². The Bertz CT molecular complexity index is 308. The third-order valence-corrected chi connectivity index (χ3v) is 3.08. The molecule has 0 bridgehead atoms. The molecule has 13 heavy (non-hydrogen) atoms. The highest BCUT2D eigenvalue weighted by atomic mass is 32.2. The number of phenolic OH excluding ortho intramolecular Hbond substituents is 1. The van der Waals surface area contributed by atoms with Crippen LogP contribution in [-0.2, 0) is 6.42 Å². The van der Waals surface area contributed by atoms with Crippen LogP contribution in [-0.4, -0.2) is 23.2 Å². The molecule has 1 heterocycles. The molecule has 1 N–H and O–H groups in total. The molecule has 1 aromatic carbocycles. The maximum absolute atomic E-state index is 9.35. The smallest absolute Gasteiger partial charge is 0.160 e. The van der Waals surface area contributed by atoms with Gasteiger partial charge in [0.15, 0.2) is 11.5 Å². The van der Waals surface area contributed by atoms with E-state index in [9.17, 15) is 5.11 Å². The lowest BCUT2D eigenvalue weighted by Gasteiger charge is -2.05. The zero-order valence-corrected chi connectivity index (χ0v) is 8.30. The predicted octanol–water partition coefficient (Wildman–Crippen LogP) is 2.06. The summed E-state index contributed by atoms with van der Waals surface area (Å²) in [4.78, 5) is 0. The molecule has 1 saturated heterocycles. The molecule has 0 aromatic heterocycles. The molecule has 2 rings (SSSR count). The minimum atomic E-state index is 0.217. The molecular formula is C10H12O2S. The van der Waals surface area contributed by atoms with Crippen LogP contribution in [0.4, 0.5) is 0 Å². The van der Waals surface area contributed by atoms with E-state index in [1.54, 1.807) is 13.2 Å². The molecule has 1 unspecified atom stereocenters. The zero-order chi connectivity index (χ0) is 9.26. The number of phenols is 1. The highest BCUT2D eigenvalue weighted by molar-refractivity contribution is 8.06. The highest BCUT2D eigenvalue weighted by Crippen LogP contribution is 2.35. The lowest BCUT2D eigenvalue weighted by atomic mass is 10.1. The van der Waals surface area contributed by atoms with Crippen LogP contribution in [0.3, 0.4) is 0 Å². The van der Waals surface area contributed by atoms with E-state index in [1.807, 2.05) is 23.9 Å². The molecular weight excluding hydrogens is 184 g/mol. The Kier molecular flexibility index (Phi) is 2.36. The van der Waals surface area contributed by atoms with E-state index in [0.29, 0.717) is 5.75 Å².